The highest BCUT2D eigenvalue weighted by Crippen LogP contribution is 2.34. The molecule has 0 atom stereocenters. The lowest BCUT2D eigenvalue weighted by atomic mass is 10.1. The summed E-state index contributed by atoms with van der Waals surface area (Å²) in [5.74, 6) is 0.485. The summed E-state index contributed by atoms with van der Waals surface area (Å²) in [5.41, 5.74) is 3.10. The summed E-state index contributed by atoms with van der Waals surface area (Å²) in [6.07, 6.45) is 6.50. The Hall–Kier alpha value is -5.45. The molecule has 0 radical (unpaired) electrons. The number of hydrogen-bond acceptors (Lipinski definition) is 15. The number of aromatic nitrogens is 6. The average Bonchev–Trinajstić information content (AvgIpc) is 3.82. The van der Waals surface area contributed by atoms with E-state index in [1.807, 2.05) is 13.8 Å². The number of carbonyl (C=O) groups is 2. The van der Waals surface area contributed by atoms with E-state index in [9.17, 15) is 18.4 Å². The van der Waals surface area contributed by atoms with Crippen molar-refractivity contribution in [1.82, 2.24) is 50.8 Å². The molecule has 0 saturated carbocycles. The Balaban J connectivity index is 0.000000199. The van der Waals surface area contributed by atoms with Crippen molar-refractivity contribution < 1.29 is 23.5 Å². The van der Waals surface area contributed by atoms with Crippen LogP contribution in [0.25, 0.3) is 42.7 Å². The molecule has 0 bridgehead atoms. The lowest BCUT2D eigenvalue weighted by Gasteiger charge is -2.34. The number of anilines is 4. The largest absolute Gasteiger partial charge is 0.395 e. The predicted molar refractivity (Wildman–Crippen MR) is 235 cm³/mol. The number of β-amino-alcohol motifs (C(OH)–C–C–N with tert-alkyl or cyclic N) is 1. The Morgan fingerprint density at radius 1 is 0.700 bits per heavy atom. The van der Waals surface area contributed by atoms with Crippen molar-refractivity contribution in [3.63, 3.8) is 0 Å². The first kappa shape index (κ1) is 44.1. The van der Waals surface area contributed by atoms with Crippen molar-refractivity contribution in [2.24, 2.45) is 0 Å². The number of hydrogen-bond donors (Lipinski definition) is 6. The van der Waals surface area contributed by atoms with Gasteiger partial charge in [0, 0.05) is 119 Å². The molecule has 4 amide bonds. The fourth-order valence-electron chi connectivity index (χ4n) is 6.48. The molecule has 2 fully saturated rings. The third-order valence-corrected chi connectivity index (χ3v) is 11.3. The first-order valence-corrected chi connectivity index (χ1v) is 20.8. The topological polar surface area (TPSA) is 202 Å². The van der Waals surface area contributed by atoms with Crippen molar-refractivity contribution in [2.75, 3.05) is 99.0 Å². The number of benzene rings is 2. The first-order chi connectivity index (χ1) is 28.7. The maximum atomic E-state index is 14.8. The van der Waals surface area contributed by atoms with Crippen LogP contribution < -0.4 is 36.4 Å². The normalized spacial score (nSPS) is 14.3. The minimum atomic E-state index is -0.394. The van der Waals surface area contributed by atoms with Gasteiger partial charge in [-0.2, -0.15) is 0 Å². The van der Waals surface area contributed by atoms with Crippen LogP contribution in [-0.4, -0.2) is 131 Å². The van der Waals surface area contributed by atoms with Crippen molar-refractivity contribution in [1.29, 1.82) is 0 Å². The van der Waals surface area contributed by atoms with Gasteiger partial charge in [-0.05, 0) is 38.1 Å². The zero-order valence-electron chi connectivity index (χ0n) is 32.9. The Bertz CT molecular complexity index is 2380. The van der Waals surface area contributed by atoms with Crippen molar-refractivity contribution >= 4 is 89.7 Å². The number of aliphatic hydroxyl groups is 1. The zero-order chi connectivity index (χ0) is 41.3. The van der Waals surface area contributed by atoms with Gasteiger partial charge < -0.3 is 30.9 Å². The van der Waals surface area contributed by atoms with Crippen LogP contribution >= 0.6 is 35.1 Å². The molecular formula is C38H45ClF2N14O3S2. The van der Waals surface area contributed by atoms with Gasteiger partial charge in [-0.3, -0.25) is 15.5 Å². The third kappa shape index (κ3) is 10.8. The molecule has 17 nitrogen and oxygen atoms in total. The molecule has 60 heavy (non-hydrogen) atoms. The summed E-state index contributed by atoms with van der Waals surface area (Å²) in [7, 11) is 0. The number of urea groups is 2. The van der Waals surface area contributed by atoms with E-state index >= 15 is 0 Å². The standard InChI is InChI=1S/C20H24FN7O2S.C18H20FN7OS.ClH/c1-2-22-19(30)26-20-25-16-9-14(15(21)10-17(16)31-20)13-11-23-18(24-12-13)28-5-3-27(4-6-28)7-8-29;1-2-21-17(27)25-18-24-14-7-12(13(19)8-15(14)28-18)11-9-22-16(23-10-11)26-5-3-20-4-6-26;/h9-12,29H,2-8H2,1H3,(H2,22,25,26,30);7-10,20H,2-6H2,1H3,(H2,21,24,25,27);1H. The number of aliphatic hydroxyl groups excluding tert-OH is 1. The molecule has 6 N–H and O–H groups in total. The van der Waals surface area contributed by atoms with E-state index < -0.39 is 5.82 Å². The number of amides is 4. The Morgan fingerprint density at radius 3 is 1.55 bits per heavy atom. The highest BCUT2D eigenvalue weighted by atomic mass is 35.5. The van der Waals surface area contributed by atoms with E-state index in [1.165, 1.54) is 34.8 Å². The molecule has 2 aliphatic heterocycles. The predicted octanol–water partition coefficient (Wildman–Crippen LogP) is 5.01. The van der Waals surface area contributed by atoms with E-state index in [-0.39, 0.29) is 36.9 Å². The summed E-state index contributed by atoms with van der Waals surface area (Å²) < 4.78 is 30.7. The summed E-state index contributed by atoms with van der Waals surface area (Å²) in [6, 6.07) is 5.47. The van der Waals surface area contributed by atoms with Gasteiger partial charge in [-0.15, -0.1) is 12.4 Å². The molecule has 6 heterocycles. The van der Waals surface area contributed by atoms with Gasteiger partial charge in [0.2, 0.25) is 11.9 Å². The Kier molecular flexibility index (Phi) is 15.2. The molecule has 0 unspecified atom stereocenters. The maximum Gasteiger partial charge on any atom is 0.321 e. The van der Waals surface area contributed by atoms with Crippen molar-refractivity contribution in [3.05, 3.63) is 60.7 Å². The van der Waals surface area contributed by atoms with Crippen molar-refractivity contribution in [2.45, 2.75) is 13.8 Å². The highest BCUT2D eigenvalue weighted by Gasteiger charge is 2.20. The van der Waals surface area contributed by atoms with Gasteiger partial charge in [0.05, 0.1) is 27.0 Å². The number of piperazine rings is 2. The lowest BCUT2D eigenvalue weighted by Crippen LogP contribution is -2.47. The van der Waals surface area contributed by atoms with Gasteiger partial charge >= 0.3 is 12.1 Å². The average molecular weight is 883 g/mol. The highest BCUT2D eigenvalue weighted by molar-refractivity contribution is 7.22. The number of nitrogens with zero attached hydrogens (tertiary/aromatic N) is 9. The van der Waals surface area contributed by atoms with E-state index in [0.29, 0.717) is 84.5 Å². The van der Waals surface area contributed by atoms with Crippen LogP contribution in [0.2, 0.25) is 0 Å². The fourth-order valence-corrected chi connectivity index (χ4v) is 8.21. The lowest BCUT2D eigenvalue weighted by molar-refractivity contribution is 0.188. The minimum absolute atomic E-state index is 0. The molecule has 22 heteroatoms. The van der Waals surface area contributed by atoms with Crippen LogP contribution in [0.3, 0.4) is 0 Å². The Morgan fingerprint density at radius 2 is 1.13 bits per heavy atom. The van der Waals surface area contributed by atoms with E-state index in [1.54, 1.807) is 36.9 Å². The second-order valence-electron chi connectivity index (χ2n) is 13.4. The summed E-state index contributed by atoms with van der Waals surface area (Å²) in [5, 5.41) is 23.7. The molecular weight excluding hydrogens is 838 g/mol. The van der Waals surface area contributed by atoms with Gasteiger partial charge in [0.25, 0.3) is 0 Å². The third-order valence-electron chi connectivity index (χ3n) is 9.44. The minimum Gasteiger partial charge on any atom is -0.395 e. The monoisotopic (exact) mass is 882 g/mol. The molecule has 6 aromatic rings. The molecule has 2 aliphatic rings. The van der Waals surface area contributed by atoms with Crippen LogP contribution in [0.1, 0.15) is 13.8 Å². The molecule has 8 rings (SSSR count). The maximum absolute atomic E-state index is 14.8. The second-order valence-corrected chi connectivity index (χ2v) is 15.5. The number of nitrogens with one attached hydrogen (secondary N) is 5. The second kappa shape index (κ2) is 20.7. The van der Waals surface area contributed by atoms with Crippen molar-refractivity contribution in [3.8, 4) is 22.3 Å². The zero-order valence-corrected chi connectivity index (χ0v) is 35.3. The van der Waals surface area contributed by atoms with E-state index in [0.717, 1.165) is 52.4 Å². The number of carbonyl (C=O) groups excluding carboxylic acids is 2. The van der Waals surface area contributed by atoms with Gasteiger partial charge in [-0.25, -0.2) is 48.3 Å². The molecule has 0 aliphatic carbocycles. The molecule has 2 aromatic carbocycles. The van der Waals surface area contributed by atoms with Crippen LogP contribution in [0, 0.1) is 11.6 Å². The number of halogens is 3. The summed E-state index contributed by atoms with van der Waals surface area (Å²) >= 11 is 2.44. The smallest absolute Gasteiger partial charge is 0.321 e. The molecule has 2 saturated heterocycles. The van der Waals surface area contributed by atoms with Crippen LogP contribution in [0.5, 0.6) is 0 Å². The summed E-state index contributed by atoms with van der Waals surface area (Å²) in [6.45, 7) is 12.2. The molecule has 0 spiro atoms. The van der Waals surface area contributed by atoms with Gasteiger partial charge in [-0.1, -0.05) is 22.7 Å². The van der Waals surface area contributed by atoms with Crippen LogP contribution in [0.15, 0.2) is 49.1 Å². The van der Waals surface area contributed by atoms with E-state index in [4.69, 9.17) is 5.11 Å². The Labute approximate surface area is 358 Å². The van der Waals surface area contributed by atoms with Gasteiger partial charge in [0.1, 0.15) is 11.6 Å². The van der Waals surface area contributed by atoms with E-state index in [2.05, 4.69) is 71.2 Å². The van der Waals surface area contributed by atoms with Crippen LogP contribution in [-0.2, 0) is 0 Å². The fraction of sp³-hybridized carbons (Fsp3) is 0.368. The SMILES string of the molecule is CCNC(=O)Nc1nc2cc(-c3cnc(N4CCN(CCO)CC4)nc3)c(F)cc2s1.CCNC(=O)Nc1nc2cc(-c3cnc(N4CCNCC4)nc3)c(F)cc2s1.Cl. The van der Waals surface area contributed by atoms with Gasteiger partial charge in [0.15, 0.2) is 10.3 Å². The number of fused-ring (bicyclic) bond motifs is 2. The van der Waals surface area contributed by atoms with Crippen LogP contribution in [0.4, 0.5) is 40.5 Å². The first-order valence-electron chi connectivity index (χ1n) is 19.2. The molecule has 318 valence electrons. The molecule has 4 aromatic heterocycles. The quantitative estimate of drug-likeness (QED) is 0.107. The number of rotatable bonds is 10. The summed E-state index contributed by atoms with van der Waals surface area (Å²) in [4.78, 5) is 56.1. The number of thiazole rings is 2.